The Bertz CT molecular complexity index is 1010. The van der Waals surface area contributed by atoms with Crippen LogP contribution in [0.25, 0.3) is 0 Å². The number of ether oxygens (including phenoxy) is 1. The fraction of sp³-hybridized carbons (Fsp3) is 0.250. The molecular weight excluding hydrogens is 403 g/mol. The number of nitrogens with one attached hydrogen (secondary N) is 1. The number of aliphatic imine (C=N–C) groups is 1. The molecule has 6 nitrogen and oxygen atoms in total. The Morgan fingerprint density at radius 3 is 2.67 bits per heavy atom. The van der Waals surface area contributed by atoms with Crippen LogP contribution in [0.3, 0.4) is 0 Å². The van der Waals surface area contributed by atoms with E-state index >= 15 is 0 Å². The average molecular weight is 417 g/mol. The number of nitrogens with zero attached hydrogens (tertiary/aromatic N) is 2. The SMILES string of the molecule is Cc1c(OCC(F)(F)F)ccnc1CS(=O)(=S)C1=Nc2ccccc2[NH+]1[O-]. The van der Waals surface area contributed by atoms with Gasteiger partial charge in [-0.2, -0.15) is 18.2 Å². The molecule has 2 atom stereocenters. The van der Waals surface area contributed by atoms with Crippen molar-refractivity contribution in [2.45, 2.75) is 18.9 Å². The molecule has 0 amide bonds. The van der Waals surface area contributed by atoms with Crippen LogP contribution in [0.5, 0.6) is 5.75 Å². The molecule has 2 unspecified atom stereocenters. The Labute approximate surface area is 157 Å². The number of amidine groups is 1. The largest absolute Gasteiger partial charge is 0.622 e. The van der Waals surface area contributed by atoms with Crippen molar-refractivity contribution in [1.82, 2.24) is 4.98 Å². The molecular formula is C16H14F3N3O3S2. The van der Waals surface area contributed by atoms with E-state index in [-0.39, 0.29) is 27.9 Å². The maximum absolute atomic E-state index is 13.0. The second-order valence-electron chi connectivity index (χ2n) is 5.81. The van der Waals surface area contributed by atoms with E-state index in [9.17, 15) is 22.6 Å². The van der Waals surface area contributed by atoms with Crippen molar-refractivity contribution in [2.24, 2.45) is 4.99 Å². The molecule has 11 heteroatoms. The smallest absolute Gasteiger partial charge is 0.422 e. The minimum atomic E-state index is -4.49. The molecule has 1 aromatic heterocycles. The molecule has 0 aliphatic carbocycles. The standard InChI is InChI=1S/C16H14F3N3O3S2/c1-10-12(20-7-6-14(10)25-9-16(17,18)19)8-27(24,26)15-21-11-4-2-3-5-13(11)22(15)23/h2-7,22H,8-9H2,1H3. The molecule has 0 saturated carbocycles. The van der Waals surface area contributed by atoms with Crippen molar-refractivity contribution < 1.29 is 27.2 Å². The third kappa shape index (κ3) is 4.26. The Kier molecular flexibility index (Phi) is 5.21. The van der Waals surface area contributed by atoms with Gasteiger partial charge in [0.05, 0.1) is 11.4 Å². The van der Waals surface area contributed by atoms with E-state index in [1.165, 1.54) is 19.2 Å². The van der Waals surface area contributed by atoms with E-state index in [0.29, 0.717) is 11.4 Å². The number of hydrogen-bond acceptors (Lipinski definition) is 6. The number of aromatic nitrogens is 1. The molecule has 27 heavy (non-hydrogen) atoms. The normalized spacial score (nSPS) is 18.6. The lowest BCUT2D eigenvalue weighted by molar-refractivity contribution is -0.659. The van der Waals surface area contributed by atoms with Gasteiger partial charge in [0.15, 0.2) is 12.3 Å². The number of pyridine rings is 1. The maximum atomic E-state index is 13.0. The fourth-order valence-electron chi connectivity index (χ4n) is 2.52. The first kappa shape index (κ1) is 19.7. The number of quaternary nitrogens is 1. The van der Waals surface area contributed by atoms with Crippen molar-refractivity contribution in [1.29, 1.82) is 0 Å². The Hall–Kier alpha value is -2.08. The van der Waals surface area contributed by atoms with Gasteiger partial charge in [-0.1, -0.05) is 12.1 Å². The summed E-state index contributed by atoms with van der Waals surface area (Å²) < 4.78 is 54.9. The average Bonchev–Trinajstić information content (AvgIpc) is 2.93. The van der Waals surface area contributed by atoms with Crippen LogP contribution in [0.1, 0.15) is 11.3 Å². The van der Waals surface area contributed by atoms with Crippen molar-refractivity contribution in [3.8, 4) is 5.75 Å². The fourth-order valence-corrected chi connectivity index (χ4v) is 4.61. The predicted octanol–water partition coefficient (Wildman–Crippen LogP) is 2.29. The lowest BCUT2D eigenvalue weighted by Gasteiger charge is -2.19. The molecule has 1 N–H and O–H groups in total. The third-order valence-corrected chi connectivity index (χ3v) is 6.18. The summed E-state index contributed by atoms with van der Waals surface area (Å²) in [6, 6.07) is 7.81. The molecule has 0 bridgehead atoms. The number of benzene rings is 1. The number of alkyl halides is 3. The van der Waals surface area contributed by atoms with Gasteiger partial charge >= 0.3 is 11.3 Å². The van der Waals surface area contributed by atoms with Crippen LogP contribution in [0.2, 0.25) is 0 Å². The molecule has 1 aliphatic rings. The molecule has 3 rings (SSSR count). The van der Waals surface area contributed by atoms with E-state index in [4.69, 9.17) is 15.9 Å². The van der Waals surface area contributed by atoms with Crippen molar-refractivity contribution in [2.75, 3.05) is 6.61 Å². The second kappa shape index (κ2) is 7.15. The molecule has 0 fully saturated rings. The molecule has 2 heterocycles. The number of halogens is 3. The summed E-state index contributed by atoms with van der Waals surface area (Å²) in [5, 5.41) is 11.7. The Morgan fingerprint density at radius 2 is 2.00 bits per heavy atom. The van der Waals surface area contributed by atoms with Gasteiger partial charge in [0.25, 0.3) is 0 Å². The Morgan fingerprint density at radius 1 is 1.30 bits per heavy atom. The number of fused-ring (bicyclic) bond motifs is 1. The number of para-hydroxylation sites is 2. The van der Waals surface area contributed by atoms with Crippen molar-refractivity contribution in [3.05, 3.63) is 53.0 Å². The second-order valence-corrected chi connectivity index (χ2v) is 9.33. The van der Waals surface area contributed by atoms with Crippen LogP contribution >= 0.6 is 0 Å². The van der Waals surface area contributed by atoms with Crippen LogP contribution in [-0.4, -0.2) is 27.1 Å². The predicted molar refractivity (Wildman–Crippen MR) is 97.3 cm³/mol. The highest BCUT2D eigenvalue weighted by Crippen LogP contribution is 2.28. The quantitative estimate of drug-likeness (QED) is 0.773. The zero-order valence-corrected chi connectivity index (χ0v) is 15.6. The van der Waals surface area contributed by atoms with Gasteiger partial charge in [-0.15, -0.1) is 0 Å². The number of hydroxylamine groups is 1. The van der Waals surface area contributed by atoms with Crippen LogP contribution in [0.4, 0.5) is 24.5 Å². The van der Waals surface area contributed by atoms with Gasteiger partial charge in [-0.3, -0.25) is 10.0 Å². The molecule has 1 aliphatic heterocycles. The molecule has 144 valence electrons. The maximum Gasteiger partial charge on any atom is 0.422 e. The molecule has 1 aromatic carbocycles. The lowest BCUT2D eigenvalue weighted by atomic mass is 10.2. The summed E-state index contributed by atoms with van der Waals surface area (Å²) in [6.45, 7) is 0.0347. The van der Waals surface area contributed by atoms with Crippen LogP contribution in [-0.2, 0) is 25.4 Å². The lowest BCUT2D eigenvalue weighted by Crippen LogP contribution is -3.05. The van der Waals surface area contributed by atoms with E-state index in [1.807, 2.05) is 0 Å². The third-order valence-electron chi connectivity index (χ3n) is 3.84. The van der Waals surface area contributed by atoms with E-state index in [1.54, 1.807) is 24.3 Å². The van der Waals surface area contributed by atoms with Gasteiger partial charge in [0, 0.05) is 17.8 Å². The van der Waals surface area contributed by atoms with Gasteiger partial charge in [0.2, 0.25) is 0 Å². The monoisotopic (exact) mass is 417 g/mol. The van der Waals surface area contributed by atoms with Gasteiger partial charge in [-0.25, -0.2) is 4.21 Å². The Balaban J connectivity index is 1.85. The highest BCUT2D eigenvalue weighted by atomic mass is 32.8. The van der Waals surface area contributed by atoms with Crippen LogP contribution in [0.15, 0.2) is 41.5 Å². The summed E-state index contributed by atoms with van der Waals surface area (Å²) in [6.07, 6.45) is -3.25. The number of rotatable bonds is 4. The zero-order valence-electron chi connectivity index (χ0n) is 13.9. The van der Waals surface area contributed by atoms with Crippen molar-refractivity contribution >= 4 is 36.2 Å². The minimum absolute atomic E-state index is 0.0366. The van der Waals surface area contributed by atoms with Gasteiger partial charge in [-0.05, 0) is 30.2 Å². The molecule has 2 aromatic rings. The van der Waals surface area contributed by atoms with Crippen LogP contribution < -0.4 is 9.80 Å². The van der Waals surface area contributed by atoms with Crippen LogP contribution in [0, 0.1) is 12.1 Å². The zero-order chi connectivity index (χ0) is 19.8. The molecule has 0 saturated heterocycles. The number of hydrogen-bond donors (Lipinski definition) is 1. The van der Waals surface area contributed by atoms with E-state index in [2.05, 4.69) is 9.98 Å². The van der Waals surface area contributed by atoms with Gasteiger partial charge in [0.1, 0.15) is 19.9 Å². The summed E-state index contributed by atoms with van der Waals surface area (Å²) in [5.74, 6) is -0.346. The first-order valence-electron chi connectivity index (χ1n) is 7.68. The summed E-state index contributed by atoms with van der Waals surface area (Å²) >= 11 is 5.15. The highest BCUT2D eigenvalue weighted by Gasteiger charge is 2.33. The molecule has 0 radical (unpaired) electrons. The summed E-state index contributed by atoms with van der Waals surface area (Å²) in [4.78, 5) is 8.14. The summed E-state index contributed by atoms with van der Waals surface area (Å²) in [5.41, 5.74) is 1.18. The van der Waals surface area contributed by atoms with Gasteiger partial charge < -0.3 is 9.94 Å². The first-order valence-corrected chi connectivity index (χ1v) is 10.3. The van der Waals surface area contributed by atoms with E-state index < -0.39 is 26.3 Å². The first-order chi connectivity index (χ1) is 12.6. The van der Waals surface area contributed by atoms with E-state index in [0.717, 1.165) is 0 Å². The molecule has 0 spiro atoms. The highest BCUT2D eigenvalue weighted by molar-refractivity contribution is 8.40. The van der Waals surface area contributed by atoms with Crippen molar-refractivity contribution in [3.63, 3.8) is 0 Å². The summed E-state index contributed by atoms with van der Waals surface area (Å²) in [7, 11) is -3.32. The minimum Gasteiger partial charge on any atom is -0.622 e. The topological polar surface area (TPSA) is 79.0 Å².